The molecule has 4 rings (SSSR count). The van der Waals surface area contributed by atoms with Crippen molar-refractivity contribution in [3.05, 3.63) is 59.7 Å². The molecule has 2 aromatic rings. The Morgan fingerprint density at radius 1 is 1.03 bits per heavy atom. The van der Waals surface area contributed by atoms with E-state index in [1.807, 2.05) is 24.3 Å². The van der Waals surface area contributed by atoms with Crippen LogP contribution in [0.25, 0.3) is 11.1 Å². The van der Waals surface area contributed by atoms with Gasteiger partial charge in [-0.05, 0) is 42.0 Å². The molecule has 2 aromatic carbocycles. The molecule has 2 aliphatic rings. The number of hydrogen-bond donors (Lipinski definition) is 4. The zero-order valence-electron chi connectivity index (χ0n) is 19.9. The maximum Gasteiger partial charge on any atom is 0.407 e. The minimum absolute atomic E-state index is 0.0420. The van der Waals surface area contributed by atoms with Gasteiger partial charge in [0.2, 0.25) is 5.91 Å². The first-order chi connectivity index (χ1) is 16.7. The zero-order valence-corrected chi connectivity index (χ0v) is 19.9. The van der Waals surface area contributed by atoms with Gasteiger partial charge < -0.3 is 25.6 Å². The van der Waals surface area contributed by atoms with Crippen molar-refractivity contribution in [1.82, 2.24) is 10.6 Å². The smallest absolute Gasteiger partial charge is 0.407 e. The molecule has 0 bridgehead atoms. The van der Waals surface area contributed by atoms with Crippen LogP contribution >= 0.6 is 0 Å². The van der Waals surface area contributed by atoms with Gasteiger partial charge in [-0.1, -0.05) is 61.4 Å². The Hall–Kier alpha value is -3.39. The highest BCUT2D eigenvalue weighted by Gasteiger charge is 2.39. The van der Waals surface area contributed by atoms with E-state index < -0.39 is 29.6 Å². The van der Waals surface area contributed by atoms with E-state index in [9.17, 15) is 19.5 Å². The van der Waals surface area contributed by atoms with Crippen molar-refractivity contribution in [2.24, 2.45) is 0 Å². The maximum absolute atomic E-state index is 12.8. The predicted octanol–water partition coefficient (Wildman–Crippen LogP) is 3.57. The minimum Gasteiger partial charge on any atom is -0.481 e. The number of aliphatic carboxylic acids is 1. The van der Waals surface area contributed by atoms with Gasteiger partial charge >= 0.3 is 12.1 Å². The molecule has 186 valence electrons. The SMILES string of the molecule is CC(O)(CNC(=O)CC1(NC(=O)OCC2c3ccccc3-c3ccccc32)CCCC1)CC(=O)O. The fraction of sp³-hybridized carbons (Fsp3) is 0.444. The van der Waals surface area contributed by atoms with Crippen LogP contribution in [0.4, 0.5) is 4.79 Å². The molecule has 0 aliphatic heterocycles. The first-order valence-corrected chi connectivity index (χ1v) is 12.0. The standard InChI is InChI=1S/C27H32N2O6/c1-26(34,15-24(31)32)17-28-23(30)14-27(12-6-7-13-27)29-25(33)35-16-22-20-10-4-2-8-18(20)19-9-3-5-11-21(19)22/h2-5,8-11,22,34H,6-7,12-17H2,1H3,(H,28,30)(H,29,33)(H,31,32). The number of amides is 2. The van der Waals surface area contributed by atoms with Crippen LogP contribution in [-0.2, 0) is 14.3 Å². The Labute approximate surface area is 204 Å². The molecular formula is C27H32N2O6. The van der Waals surface area contributed by atoms with Gasteiger partial charge in [0.1, 0.15) is 6.61 Å². The summed E-state index contributed by atoms with van der Waals surface area (Å²) in [4.78, 5) is 36.3. The Morgan fingerprint density at radius 2 is 1.60 bits per heavy atom. The maximum atomic E-state index is 12.8. The third kappa shape index (κ3) is 5.82. The van der Waals surface area contributed by atoms with E-state index in [-0.39, 0.29) is 31.4 Å². The van der Waals surface area contributed by atoms with E-state index >= 15 is 0 Å². The molecule has 2 aliphatic carbocycles. The van der Waals surface area contributed by atoms with E-state index in [4.69, 9.17) is 9.84 Å². The molecule has 4 N–H and O–H groups in total. The van der Waals surface area contributed by atoms with Crippen molar-refractivity contribution in [3.8, 4) is 11.1 Å². The molecule has 1 unspecified atom stereocenters. The number of carbonyl (C=O) groups is 3. The number of aliphatic hydroxyl groups is 1. The van der Waals surface area contributed by atoms with E-state index in [0.717, 1.165) is 35.1 Å². The predicted molar refractivity (Wildman–Crippen MR) is 130 cm³/mol. The van der Waals surface area contributed by atoms with Crippen LogP contribution in [0.5, 0.6) is 0 Å². The zero-order chi connectivity index (χ0) is 25.1. The Kier molecular flexibility index (Phi) is 7.12. The summed E-state index contributed by atoms with van der Waals surface area (Å²) in [6.07, 6.45) is 2.07. The molecule has 8 nitrogen and oxygen atoms in total. The van der Waals surface area contributed by atoms with Crippen molar-refractivity contribution >= 4 is 18.0 Å². The van der Waals surface area contributed by atoms with Gasteiger partial charge in [0, 0.05) is 18.9 Å². The summed E-state index contributed by atoms with van der Waals surface area (Å²) in [6.45, 7) is 1.38. The lowest BCUT2D eigenvalue weighted by molar-refractivity contribution is -0.142. The highest BCUT2D eigenvalue weighted by atomic mass is 16.5. The van der Waals surface area contributed by atoms with Crippen molar-refractivity contribution < 1.29 is 29.3 Å². The van der Waals surface area contributed by atoms with E-state index in [1.54, 1.807) is 0 Å². The normalized spacial score (nSPS) is 17.7. The molecule has 0 saturated heterocycles. The lowest BCUT2D eigenvalue weighted by Gasteiger charge is -2.30. The van der Waals surface area contributed by atoms with Crippen LogP contribution in [0.15, 0.2) is 48.5 Å². The minimum atomic E-state index is -1.55. The van der Waals surface area contributed by atoms with Gasteiger partial charge in [-0.15, -0.1) is 0 Å². The average molecular weight is 481 g/mol. The number of carbonyl (C=O) groups excluding carboxylic acids is 2. The number of rotatable bonds is 9. The van der Waals surface area contributed by atoms with Crippen LogP contribution < -0.4 is 10.6 Å². The van der Waals surface area contributed by atoms with Crippen LogP contribution in [0.2, 0.25) is 0 Å². The summed E-state index contributed by atoms with van der Waals surface area (Å²) in [5.41, 5.74) is 2.30. The van der Waals surface area contributed by atoms with E-state index in [1.165, 1.54) is 6.92 Å². The van der Waals surface area contributed by atoms with Gasteiger partial charge in [-0.25, -0.2) is 4.79 Å². The molecule has 1 saturated carbocycles. The number of benzene rings is 2. The molecule has 8 heteroatoms. The molecule has 0 radical (unpaired) electrons. The first kappa shape index (κ1) is 24.7. The number of fused-ring (bicyclic) bond motifs is 3. The van der Waals surface area contributed by atoms with Gasteiger partial charge in [-0.3, -0.25) is 9.59 Å². The van der Waals surface area contributed by atoms with Crippen molar-refractivity contribution in [2.45, 2.75) is 62.5 Å². The molecule has 0 heterocycles. The quantitative estimate of drug-likeness (QED) is 0.435. The van der Waals surface area contributed by atoms with Gasteiger partial charge in [0.25, 0.3) is 0 Å². The number of alkyl carbamates (subject to hydrolysis) is 1. The Balaban J connectivity index is 1.36. The Morgan fingerprint density at radius 3 is 2.17 bits per heavy atom. The van der Waals surface area contributed by atoms with Gasteiger partial charge in [0.05, 0.1) is 17.6 Å². The summed E-state index contributed by atoms with van der Waals surface area (Å²) >= 11 is 0. The van der Waals surface area contributed by atoms with Gasteiger partial charge in [0.15, 0.2) is 0 Å². The molecule has 0 aromatic heterocycles. The number of carboxylic acids is 1. The summed E-state index contributed by atoms with van der Waals surface area (Å²) in [5, 5.41) is 24.6. The highest BCUT2D eigenvalue weighted by Crippen LogP contribution is 2.44. The van der Waals surface area contributed by atoms with Crippen molar-refractivity contribution in [3.63, 3.8) is 0 Å². The van der Waals surface area contributed by atoms with E-state index in [2.05, 4.69) is 34.9 Å². The van der Waals surface area contributed by atoms with Crippen LogP contribution in [0, 0.1) is 0 Å². The third-order valence-corrected chi connectivity index (χ3v) is 6.97. The molecule has 0 spiro atoms. The molecule has 35 heavy (non-hydrogen) atoms. The second kappa shape index (κ2) is 10.1. The number of hydrogen-bond acceptors (Lipinski definition) is 5. The van der Waals surface area contributed by atoms with Crippen LogP contribution in [-0.4, -0.2) is 52.5 Å². The lowest BCUT2D eigenvalue weighted by Crippen LogP contribution is -2.51. The second-order valence-electron chi connectivity index (χ2n) is 9.96. The van der Waals surface area contributed by atoms with E-state index in [0.29, 0.717) is 12.8 Å². The molecular weight excluding hydrogens is 448 g/mol. The summed E-state index contributed by atoms with van der Waals surface area (Å²) in [7, 11) is 0. The third-order valence-electron chi connectivity index (χ3n) is 6.97. The summed E-state index contributed by atoms with van der Waals surface area (Å²) < 4.78 is 5.68. The summed E-state index contributed by atoms with van der Waals surface area (Å²) in [6, 6.07) is 16.2. The van der Waals surface area contributed by atoms with Gasteiger partial charge in [-0.2, -0.15) is 0 Å². The van der Waals surface area contributed by atoms with Crippen molar-refractivity contribution in [2.75, 3.05) is 13.2 Å². The largest absolute Gasteiger partial charge is 0.481 e. The topological polar surface area (TPSA) is 125 Å². The molecule has 1 atom stereocenters. The first-order valence-electron chi connectivity index (χ1n) is 12.0. The number of carboxylic acid groups (broad SMARTS) is 1. The molecule has 1 fully saturated rings. The Bertz CT molecular complexity index is 1060. The average Bonchev–Trinajstić information content (AvgIpc) is 3.38. The fourth-order valence-electron chi connectivity index (χ4n) is 5.30. The summed E-state index contributed by atoms with van der Waals surface area (Å²) in [5.74, 6) is -1.54. The second-order valence-corrected chi connectivity index (χ2v) is 9.96. The molecule has 2 amide bonds. The fourth-order valence-corrected chi connectivity index (χ4v) is 5.30. The van der Waals surface area contributed by atoms with Crippen LogP contribution in [0.3, 0.4) is 0 Å². The number of nitrogens with one attached hydrogen (secondary N) is 2. The van der Waals surface area contributed by atoms with Crippen LogP contribution in [0.1, 0.15) is 62.5 Å². The monoisotopic (exact) mass is 480 g/mol. The number of ether oxygens (including phenoxy) is 1. The van der Waals surface area contributed by atoms with Crippen molar-refractivity contribution in [1.29, 1.82) is 0 Å². The highest BCUT2D eigenvalue weighted by molar-refractivity contribution is 5.80. The lowest BCUT2D eigenvalue weighted by atomic mass is 9.92.